The first kappa shape index (κ1) is 14.5. The second-order valence-corrected chi connectivity index (χ2v) is 6.04. The van der Waals surface area contributed by atoms with E-state index >= 15 is 0 Å². The molecule has 1 heterocycles. The molecule has 0 atom stereocenters. The van der Waals surface area contributed by atoms with Crippen LogP contribution in [0.4, 0.5) is 0 Å². The maximum absolute atomic E-state index is 12.2. The summed E-state index contributed by atoms with van der Waals surface area (Å²) in [5.41, 5.74) is 3.32. The van der Waals surface area contributed by atoms with E-state index in [1.54, 1.807) is 6.20 Å². The van der Waals surface area contributed by atoms with E-state index < -0.39 is 0 Å². The molecule has 110 valence electrons. The van der Waals surface area contributed by atoms with E-state index in [1.165, 1.54) is 11.3 Å². The lowest BCUT2D eigenvalue weighted by molar-refractivity contribution is 0.0955. The monoisotopic (exact) mass is 308 g/mol. The molecule has 0 radical (unpaired) electrons. The van der Waals surface area contributed by atoms with Crippen molar-refractivity contribution in [3.63, 3.8) is 0 Å². The van der Waals surface area contributed by atoms with Crippen LogP contribution in [0.15, 0.2) is 60.8 Å². The Labute approximate surface area is 133 Å². The summed E-state index contributed by atoms with van der Waals surface area (Å²) < 4.78 is 0. The lowest BCUT2D eigenvalue weighted by Gasteiger charge is -2.03. The Morgan fingerprint density at radius 2 is 1.82 bits per heavy atom. The normalized spacial score (nSPS) is 10.4. The number of benzene rings is 2. The van der Waals surface area contributed by atoms with Crippen LogP contribution in [-0.4, -0.2) is 10.9 Å². The molecule has 3 aromatic rings. The van der Waals surface area contributed by atoms with Gasteiger partial charge in [-0.25, -0.2) is 4.98 Å². The van der Waals surface area contributed by atoms with Crippen molar-refractivity contribution in [2.24, 2.45) is 0 Å². The summed E-state index contributed by atoms with van der Waals surface area (Å²) >= 11 is 1.42. The highest BCUT2D eigenvalue weighted by atomic mass is 32.1. The number of hydrogen-bond acceptors (Lipinski definition) is 3. The van der Waals surface area contributed by atoms with Crippen LogP contribution in [0, 0.1) is 6.92 Å². The lowest BCUT2D eigenvalue weighted by Crippen LogP contribution is -2.21. The Morgan fingerprint density at radius 3 is 2.59 bits per heavy atom. The number of nitrogens with one attached hydrogen (secondary N) is 1. The van der Waals surface area contributed by atoms with Crippen LogP contribution in [0.5, 0.6) is 0 Å². The van der Waals surface area contributed by atoms with Crippen molar-refractivity contribution in [1.29, 1.82) is 0 Å². The van der Waals surface area contributed by atoms with Gasteiger partial charge in [-0.2, -0.15) is 0 Å². The molecule has 2 aromatic carbocycles. The molecule has 3 rings (SSSR count). The van der Waals surface area contributed by atoms with Crippen LogP contribution in [0.1, 0.15) is 20.8 Å². The van der Waals surface area contributed by atoms with Gasteiger partial charge in [0.2, 0.25) is 0 Å². The highest BCUT2D eigenvalue weighted by Gasteiger charge is 2.12. The summed E-state index contributed by atoms with van der Waals surface area (Å²) in [6.07, 6.45) is 1.65. The third kappa shape index (κ3) is 3.23. The molecular formula is C18H16N2OS. The fraction of sp³-hybridized carbons (Fsp3) is 0.111. The van der Waals surface area contributed by atoms with Crippen LogP contribution in [0.25, 0.3) is 10.6 Å². The Hall–Kier alpha value is -2.46. The highest BCUT2D eigenvalue weighted by Crippen LogP contribution is 2.27. The first-order valence-electron chi connectivity index (χ1n) is 7.08. The number of hydrogen-bond donors (Lipinski definition) is 1. The minimum atomic E-state index is -0.0822. The smallest absolute Gasteiger partial charge is 0.263 e. The Bertz CT molecular complexity index is 781. The molecule has 0 spiro atoms. The summed E-state index contributed by atoms with van der Waals surface area (Å²) in [4.78, 5) is 17.2. The van der Waals surface area contributed by atoms with Crippen molar-refractivity contribution in [1.82, 2.24) is 10.3 Å². The molecule has 0 aliphatic heterocycles. The van der Waals surface area contributed by atoms with Crippen molar-refractivity contribution in [3.8, 4) is 10.6 Å². The molecule has 3 nitrogen and oxygen atoms in total. The van der Waals surface area contributed by atoms with Gasteiger partial charge < -0.3 is 5.32 Å². The largest absolute Gasteiger partial charge is 0.347 e. The standard InChI is InChI=1S/C18H16N2OS/c1-13-7-5-6-10-15(13)18-20-12-16(22-18)17(21)19-11-14-8-3-2-4-9-14/h2-10,12H,11H2,1H3,(H,19,21). The van der Waals surface area contributed by atoms with Gasteiger partial charge >= 0.3 is 0 Å². The average Bonchev–Trinajstić information content (AvgIpc) is 3.04. The van der Waals surface area contributed by atoms with Crippen molar-refractivity contribution in [3.05, 3.63) is 76.8 Å². The number of carbonyl (C=O) groups excluding carboxylic acids is 1. The van der Waals surface area contributed by atoms with Gasteiger partial charge in [0.15, 0.2) is 0 Å². The van der Waals surface area contributed by atoms with Gasteiger partial charge in [-0.15, -0.1) is 11.3 Å². The zero-order valence-corrected chi connectivity index (χ0v) is 13.1. The van der Waals surface area contributed by atoms with Crippen LogP contribution in [0.3, 0.4) is 0 Å². The molecular weight excluding hydrogens is 292 g/mol. The van der Waals surface area contributed by atoms with E-state index in [0.29, 0.717) is 11.4 Å². The fourth-order valence-electron chi connectivity index (χ4n) is 2.18. The second kappa shape index (κ2) is 6.54. The third-order valence-electron chi connectivity index (χ3n) is 3.40. The highest BCUT2D eigenvalue weighted by molar-refractivity contribution is 7.16. The van der Waals surface area contributed by atoms with Crippen molar-refractivity contribution in [2.75, 3.05) is 0 Å². The van der Waals surface area contributed by atoms with Crippen LogP contribution >= 0.6 is 11.3 Å². The molecule has 0 unspecified atom stereocenters. The SMILES string of the molecule is Cc1ccccc1-c1ncc(C(=O)NCc2ccccc2)s1. The molecule has 0 saturated carbocycles. The Morgan fingerprint density at radius 1 is 1.09 bits per heavy atom. The zero-order valence-electron chi connectivity index (χ0n) is 12.2. The van der Waals surface area contributed by atoms with E-state index in [9.17, 15) is 4.79 Å². The molecule has 22 heavy (non-hydrogen) atoms. The molecule has 1 amide bonds. The number of nitrogens with zero attached hydrogens (tertiary/aromatic N) is 1. The van der Waals surface area contributed by atoms with Crippen LogP contribution in [-0.2, 0) is 6.54 Å². The molecule has 1 aromatic heterocycles. The quantitative estimate of drug-likeness (QED) is 0.790. The number of aromatic nitrogens is 1. The van der Waals surface area contributed by atoms with Gasteiger partial charge in [0, 0.05) is 12.1 Å². The number of thiazole rings is 1. The predicted octanol–water partition coefficient (Wildman–Crippen LogP) is 4.05. The second-order valence-electron chi connectivity index (χ2n) is 5.01. The van der Waals surface area contributed by atoms with Crippen molar-refractivity contribution in [2.45, 2.75) is 13.5 Å². The van der Waals surface area contributed by atoms with Crippen molar-refractivity contribution >= 4 is 17.2 Å². The van der Waals surface area contributed by atoms with E-state index in [0.717, 1.165) is 21.7 Å². The van der Waals surface area contributed by atoms with Gasteiger partial charge in [0.25, 0.3) is 5.91 Å². The molecule has 0 bridgehead atoms. The Balaban J connectivity index is 1.71. The first-order valence-corrected chi connectivity index (χ1v) is 7.89. The third-order valence-corrected chi connectivity index (χ3v) is 4.43. The van der Waals surface area contributed by atoms with E-state index in [2.05, 4.69) is 10.3 Å². The lowest BCUT2D eigenvalue weighted by atomic mass is 10.1. The number of rotatable bonds is 4. The zero-order chi connectivity index (χ0) is 15.4. The topological polar surface area (TPSA) is 42.0 Å². The molecule has 1 N–H and O–H groups in total. The van der Waals surface area contributed by atoms with Gasteiger partial charge in [0.1, 0.15) is 9.88 Å². The molecule has 0 saturated heterocycles. The van der Waals surface area contributed by atoms with Crippen molar-refractivity contribution < 1.29 is 4.79 Å². The van der Waals surface area contributed by atoms with Crippen LogP contribution < -0.4 is 5.32 Å². The van der Waals surface area contributed by atoms with E-state index in [-0.39, 0.29) is 5.91 Å². The Kier molecular flexibility index (Phi) is 4.30. The minimum Gasteiger partial charge on any atom is -0.347 e. The summed E-state index contributed by atoms with van der Waals surface area (Å²) in [6, 6.07) is 17.9. The molecule has 0 aliphatic carbocycles. The molecule has 4 heteroatoms. The summed E-state index contributed by atoms with van der Waals surface area (Å²) in [7, 11) is 0. The maximum atomic E-state index is 12.2. The summed E-state index contributed by atoms with van der Waals surface area (Å²) in [5.74, 6) is -0.0822. The van der Waals surface area contributed by atoms with Crippen LogP contribution in [0.2, 0.25) is 0 Å². The summed E-state index contributed by atoms with van der Waals surface area (Å²) in [5, 5.41) is 3.80. The maximum Gasteiger partial charge on any atom is 0.263 e. The molecule has 0 aliphatic rings. The first-order chi connectivity index (χ1) is 10.7. The van der Waals surface area contributed by atoms with Gasteiger partial charge in [-0.1, -0.05) is 54.6 Å². The number of aryl methyl sites for hydroxylation is 1. The van der Waals surface area contributed by atoms with Gasteiger partial charge in [-0.3, -0.25) is 4.79 Å². The minimum absolute atomic E-state index is 0.0822. The van der Waals surface area contributed by atoms with Gasteiger partial charge in [-0.05, 0) is 18.1 Å². The fourth-order valence-corrected chi connectivity index (χ4v) is 3.10. The van der Waals surface area contributed by atoms with E-state index in [1.807, 2.05) is 61.5 Å². The van der Waals surface area contributed by atoms with E-state index in [4.69, 9.17) is 0 Å². The predicted molar refractivity (Wildman–Crippen MR) is 89.9 cm³/mol. The van der Waals surface area contributed by atoms with Gasteiger partial charge in [0.05, 0.1) is 6.20 Å². The molecule has 0 fully saturated rings. The summed E-state index contributed by atoms with van der Waals surface area (Å²) in [6.45, 7) is 2.57. The number of carbonyl (C=O) groups is 1. The average molecular weight is 308 g/mol. The number of amides is 1.